The number of aryl methyl sites for hydroxylation is 1. The van der Waals surface area contributed by atoms with Crippen molar-refractivity contribution in [1.29, 1.82) is 0 Å². The molecule has 0 fully saturated rings. The van der Waals surface area contributed by atoms with E-state index in [-0.39, 0.29) is 5.97 Å². The van der Waals surface area contributed by atoms with Crippen molar-refractivity contribution in [3.05, 3.63) is 52.7 Å². The van der Waals surface area contributed by atoms with Crippen LogP contribution < -0.4 is 9.64 Å². The fourth-order valence-electron chi connectivity index (χ4n) is 5.99. The molecule has 0 aliphatic carbocycles. The number of ether oxygens (including phenoxy) is 2. The van der Waals surface area contributed by atoms with Gasteiger partial charge in [-0.1, -0.05) is 115 Å². The molecule has 1 aliphatic rings. The molecular weight excluding hydrogens is 532 g/mol. The maximum Gasteiger partial charge on any atom is 0.308 e. The van der Waals surface area contributed by atoms with Crippen molar-refractivity contribution in [3.8, 4) is 17.6 Å². The van der Waals surface area contributed by atoms with Crippen LogP contribution in [0.5, 0.6) is 5.75 Å². The number of carbonyl (C=O) groups excluding carboxylic acids is 1. The van der Waals surface area contributed by atoms with Gasteiger partial charge in [-0.3, -0.25) is 4.79 Å². The number of hydrogen-bond acceptors (Lipinski definition) is 5. The van der Waals surface area contributed by atoms with Crippen LogP contribution in [0.2, 0.25) is 0 Å². The predicted octanol–water partition coefficient (Wildman–Crippen LogP) is 9.07. The Balaban J connectivity index is 1.70. The third-order valence-corrected chi connectivity index (χ3v) is 8.78. The Labute approximate surface area is 262 Å². The van der Waals surface area contributed by atoms with E-state index in [9.17, 15) is 4.79 Å². The van der Waals surface area contributed by atoms with Gasteiger partial charge in [0.05, 0.1) is 17.9 Å². The number of nitrogens with zero attached hydrogens (tertiary/aromatic N) is 2. The van der Waals surface area contributed by atoms with Gasteiger partial charge in [0.15, 0.2) is 5.75 Å². The van der Waals surface area contributed by atoms with E-state index in [1.54, 1.807) is 0 Å². The number of pyridine rings is 1. The number of hydrogen-bond donors (Lipinski definition) is 0. The van der Waals surface area contributed by atoms with Crippen LogP contribution in [-0.4, -0.2) is 30.1 Å². The second-order valence-electron chi connectivity index (χ2n) is 13.6. The Bertz CT molecular complexity index is 1230. The number of fused-ring (bicyclic) bond motifs is 1. The topological polar surface area (TPSA) is 51.7 Å². The number of carbonyl (C=O) groups is 1. The van der Waals surface area contributed by atoms with Crippen molar-refractivity contribution in [3.63, 3.8) is 0 Å². The van der Waals surface area contributed by atoms with Crippen LogP contribution in [0.1, 0.15) is 122 Å². The smallest absolute Gasteiger partial charge is 0.308 e. The minimum atomic E-state index is -0.636. The Kier molecular flexibility index (Phi) is 13.6. The molecule has 0 N–H and O–H groups in total. The van der Waals surface area contributed by atoms with Crippen LogP contribution in [0.15, 0.2) is 30.3 Å². The number of rotatable bonds is 16. The molecule has 236 valence electrons. The molecule has 0 radical (unpaired) electrons. The molecule has 0 saturated carbocycles. The molecular formula is C38H56N2O3. The number of likely N-dealkylation sites (N-methyl/N-ethyl adjacent to an activating group) is 1. The minimum absolute atomic E-state index is 0.360. The van der Waals surface area contributed by atoms with Crippen molar-refractivity contribution in [1.82, 2.24) is 4.98 Å². The zero-order valence-corrected chi connectivity index (χ0v) is 28.2. The van der Waals surface area contributed by atoms with Crippen LogP contribution in [0.25, 0.3) is 0 Å². The Morgan fingerprint density at radius 2 is 1.63 bits per heavy atom. The highest BCUT2D eigenvalue weighted by Crippen LogP contribution is 2.36. The van der Waals surface area contributed by atoms with Gasteiger partial charge in [-0.15, -0.1) is 0 Å². The van der Waals surface area contributed by atoms with E-state index < -0.39 is 5.60 Å². The summed E-state index contributed by atoms with van der Waals surface area (Å²) in [5, 5.41) is 0. The van der Waals surface area contributed by atoms with E-state index in [0.717, 1.165) is 60.2 Å². The van der Waals surface area contributed by atoms with Crippen LogP contribution in [0.3, 0.4) is 0 Å². The Morgan fingerprint density at radius 1 is 1.00 bits per heavy atom. The van der Waals surface area contributed by atoms with Gasteiger partial charge in [0.25, 0.3) is 0 Å². The molecule has 0 amide bonds. The van der Waals surface area contributed by atoms with Gasteiger partial charge in [-0.05, 0) is 56.4 Å². The summed E-state index contributed by atoms with van der Waals surface area (Å²) in [6.45, 7) is 16.2. The largest absolute Gasteiger partial charge is 0.423 e. The third kappa shape index (κ3) is 11.3. The molecule has 5 nitrogen and oxygen atoms in total. The minimum Gasteiger partial charge on any atom is -0.423 e. The lowest BCUT2D eigenvalue weighted by Crippen LogP contribution is -2.27. The van der Waals surface area contributed by atoms with Gasteiger partial charge < -0.3 is 14.4 Å². The van der Waals surface area contributed by atoms with E-state index in [1.165, 1.54) is 51.9 Å². The molecule has 0 bridgehead atoms. The molecule has 1 aromatic heterocycles. The fraction of sp³-hybridized carbons (Fsp3) is 0.632. The van der Waals surface area contributed by atoms with Crippen molar-refractivity contribution < 1.29 is 14.3 Å². The normalized spacial score (nSPS) is 15.4. The lowest BCUT2D eigenvalue weighted by atomic mass is 9.90. The predicted molar refractivity (Wildman–Crippen MR) is 178 cm³/mol. The molecule has 2 unspecified atom stereocenters. The standard InChI is InChI=1S/C38H56N2O3/c1-28(2)15-12-16-29(3)17-13-18-30(4)19-14-24-38(7,42-27-33-20-10-9-11-21-33)25-22-34-35-23-26-40(8)37(35)39-31(5)36(34)43-32(6)41/h9-11,20-21,28-30H,12-19,23-24,26-27H2,1-8H3/t29?,30?,38-/m1/s1. The quantitative estimate of drug-likeness (QED) is 0.145. The van der Waals surface area contributed by atoms with Crippen molar-refractivity contribution in [2.75, 3.05) is 18.5 Å². The molecule has 0 spiro atoms. The molecule has 3 atom stereocenters. The SMILES string of the molecule is CC(=O)Oc1c(C)nc2c(c1C#C[C@@](C)(CCCC(C)CCCC(C)CCCC(C)C)OCc1ccccc1)CCN2C. The van der Waals surface area contributed by atoms with Crippen LogP contribution >= 0.6 is 0 Å². The van der Waals surface area contributed by atoms with Gasteiger partial charge in [0, 0.05) is 26.1 Å². The highest BCUT2D eigenvalue weighted by molar-refractivity contribution is 5.73. The van der Waals surface area contributed by atoms with Crippen LogP contribution in [-0.2, 0) is 22.6 Å². The maximum atomic E-state index is 12.0. The highest BCUT2D eigenvalue weighted by Gasteiger charge is 2.27. The second kappa shape index (κ2) is 16.9. The van der Waals surface area contributed by atoms with Crippen LogP contribution in [0.4, 0.5) is 5.82 Å². The summed E-state index contributed by atoms with van der Waals surface area (Å²) in [4.78, 5) is 18.9. The lowest BCUT2D eigenvalue weighted by Gasteiger charge is -2.25. The molecule has 5 heteroatoms. The lowest BCUT2D eigenvalue weighted by molar-refractivity contribution is -0.131. The average Bonchev–Trinajstić information content (AvgIpc) is 3.31. The van der Waals surface area contributed by atoms with Gasteiger partial charge in [0.1, 0.15) is 11.4 Å². The van der Waals surface area contributed by atoms with Gasteiger partial charge in [-0.25, -0.2) is 4.98 Å². The van der Waals surface area contributed by atoms with Crippen molar-refractivity contribution >= 4 is 11.8 Å². The number of benzene rings is 1. The van der Waals surface area contributed by atoms with Crippen LogP contribution in [0, 0.1) is 36.5 Å². The van der Waals surface area contributed by atoms with E-state index in [4.69, 9.17) is 14.5 Å². The number of anilines is 1. The fourth-order valence-corrected chi connectivity index (χ4v) is 5.99. The molecule has 3 rings (SSSR count). The zero-order chi connectivity index (χ0) is 31.4. The summed E-state index contributed by atoms with van der Waals surface area (Å²) in [7, 11) is 2.04. The van der Waals surface area contributed by atoms with E-state index in [2.05, 4.69) is 63.5 Å². The highest BCUT2D eigenvalue weighted by atomic mass is 16.5. The molecule has 0 saturated heterocycles. The average molecular weight is 589 g/mol. The first-order chi connectivity index (χ1) is 20.5. The molecule has 43 heavy (non-hydrogen) atoms. The van der Waals surface area contributed by atoms with E-state index >= 15 is 0 Å². The van der Waals surface area contributed by atoms with Gasteiger partial charge in [-0.2, -0.15) is 0 Å². The summed E-state index contributed by atoms with van der Waals surface area (Å²) < 4.78 is 12.2. The number of aromatic nitrogens is 1. The molecule has 1 aliphatic heterocycles. The molecule has 1 aromatic carbocycles. The maximum absolute atomic E-state index is 12.0. The molecule has 2 aromatic rings. The zero-order valence-electron chi connectivity index (χ0n) is 28.2. The van der Waals surface area contributed by atoms with Crippen molar-refractivity contribution in [2.45, 2.75) is 125 Å². The summed E-state index contributed by atoms with van der Waals surface area (Å²) in [5.74, 6) is 10.3. The first-order valence-corrected chi connectivity index (χ1v) is 16.6. The summed E-state index contributed by atoms with van der Waals surface area (Å²) in [6, 6.07) is 10.3. The first kappa shape index (κ1) is 34.6. The first-order valence-electron chi connectivity index (χ1n) is 16.6. The van der Waals surface area contributed by atoms with E-state index in [1.807, 2.05) is 32.2 Å². The molecule has 2 heterocycles. The second-order valence-corrected chi connectivity index (χ2v) is 13.6. The van der Waals surface area contributed by atoms with Gasteiger partial charge in [0.2, 0.25) is 0 Å². The summed E-state index contributed by atoms with van der Waals surface area (Å²) >= 11 is 0. The number of esters is 1. The Hall–Kier alpha value is -2.84. The summed E-state index contributed by atoms with van der Waals surface area (Å²) in [6.07, 6.45) is 11.9. The van der Waals surface area contributed by atoms with E-state index in [0.29, 0.717) is 24.0 Å². The Morgan fingerprint density at radius 3 is 2.26 bits per heavy atom. The monoisotopic (exact) mass is 588 g/mol. The third-order valence-electron chi connectivity index (χ3n) is 8.78. The van der Waals surface area contributed by atoms with Crippen molar-refractivity contribution in [2.24, 2.45) is 17.8 Å². The summed E-state index contributed by atoms with van der Waals surface area (Å²) in [5.41, 5.74) is 3.00. The van der Waals surface area contributed by atoms with Gasteiger partial charge >= 0.3 is 5.97 Å².